The Morgan fingerprint density at radius 2 is 1.83 bits per heavy atom. The predicted octanol–water partition coefficient (Wildman–Crippen LogP) is 4.15. The van der Waals surface area contributed by atoms with Gasteiger partial charge in [-0.05, 0) is 62.9 Å². The number of nitrogens with zero attached hydrogens (tertiary/aromatic N) is 4. The molecule has 6 nitrogen and oxygen atoms in total. The summed E-state index contributed by atoms with van der Waals surface area (Å²) >= 11 is 6.09. The molecule has 2 aromatic carbocycles. The average molecular weight is 424 g/mol. The standard InChI is InChI=1S/C23H26ClN5O/c1-16-13-19(7-8-22(16)28-11-9-27(3)10-12-28)26-23(30)21-15-25-29(17(21)2)20-6-4-5-18(24)14-20/h4-8,13-15H,9-12H2,1-3H3,(H,26,30). The Hall–Kier alpha value is -2.83. The molecule has 7 heteroatoms. The molecule has 1 amide bonds. The summed E-state index contributed by atoms with van der Waals surface area (Å²) in [4.78, 5) is 17.6. The van der Waals surface area contributed by atoms with Crippen molar-refractivity contribution in [1.82, 2.24) is 14.7 Å². The van der Waals surface area contributed by atoms with Crippen LogP contribution in [0.15, 0.2) is 48.7 Å². The molecule has 0 aliphatic carbocycles. The summed E-state index contributed by atoms with van der Waals surface area (Å²) in [6.45, 7) is 8.13. The Balaban J connectivity index is 1.50. The smallest absolute Gasteiger partial charge is 0.259 e. The fourth-order valence-electron chi connectivity index (χ4n) is 3.83. The second-order valence-corrected chi connectivity index (χ2v) is 8.22. The Morgan fingerprint density at radius 3 is 2.53 bits per heavy atom. The van der Waals surface area contributed by atoms with Crippen LogP contribution in [0.1, 0.15) is 21.6 Å². The first-order valence-electron chi connectivity index (χ1n) is 10.1. The van der Waals surface area contributed by atoms with Crippen molar-refractivity contribution >= 4 is 28.9 Å². The van der Waals surface area contributed by atoms with E-state index < -0.39 is 0 Å². The average Bonchev–Trinajstić information content (AvgIpc) is 3.10. The highest BCUT2D eigenvalue weighted by Crippen LogP contribution is 2.25. The van der Waals surface area contributed by atoms with Gasteiger partial charge in [-0.25, -0.2) is 4.68 Å². The van der Waals surface area contributed by atoms with Gasteiger partial charge in [0.1, 0.15) is 0 Å². The summed E-state index contributed by atoms with van der Waals surface area (Å²) in [5, 5.41) is 8.01. The summed E-state index contributed by atoms with van der Waals surface area (Å²) in [5.41, 5.74) is 5.29. The highest BCUT2D eigenvalue weighted by Gasteiger charge is 2.18. The molecule has 0 radical (unpaired) electrons. The molecule has 0 bridgehead atoms. The lowest BCUT2D eigenvalue weighted by molar-refractivity contribution is 0.102. The minimum Gasteiger partial charge on any atom is -0.369 e. The van der Waals surface area contributed by atoms with Crippen LogP contribution in [0.3, 0.4) is 0 Å². The second kappa shape index (κ2) is 8.50. The van der Waals surface area contributed by atoms with E-state index in [1.165, 1.54) is 5.69 Å². The molecule has 2 heterocycles. The van der Waals surface area contributed by atoms with Gasteiger partial charge < -0.3 is 15.1 Å². The molecular weight excluding hydrogens is 398 g/mol. The van der Waals surface area contributed by atoms with Crippen LogP contribution in [0.25, 0.3) is 5.69 Å². The molecule has 0 unspecified atom stereocenters. The molecule has 1 aliphatic rings. The Bertz CT molecular complexity index is 1070. The molecule has 0 saturated carbocycles. The van der Waals surface area contributed by atoms with Crippen LogP contribution in [0.4, 0.5) is 11.4 Å². The van der Waals surface area contributed by atoms with Crippen molar-refractivity contribution in [1.29, 1.82) is 0 Å². The number of likely N-dealkylation sites (N-methyl/N-ethyl adjacent to an activating group) is 1. The third-order valence-electron chi connectivity index (χ3n) is 5.61. The summed E-state index contributed by atoms with van der Waals surface area (Å²) in [6.07, 6.45) is 1.59. The number of aryl methyl sites for hydroxylation is 1. The van der Waals surface area contributed by atoms with E-state index in [-0.39, 0.29) is 5.91 Å². The first-order valence-corrected chi connectivity index (χ1v) is 10.5. The van der Waals surface area contributed by atoms with Gasteiger partial charge in [-0.2, -0.15) is 5.10 Å². The summed E-state index contributed by atoms with van der Waals surface area (Å²) in [6, 6.07) is 13.5. The van der Waals surface area contributed by atoms with Crippen molar-refractivity contribution in [3.05, 3.63) is 70.5 Å². The topological polar surface area (TPSA) is 53.4 Å². The molecule has 3 aromatic rings. The van der Waals surface area contributed by atoms with E-state index in [4.69, 9.17) is 11.6 Å². The third-order valence-corrected chi connectivity index (χ3v) is 5.84. The Kier molecular flexibility index (Phi) is 5.79. The van der Waals surface area contributed by atoms with Gasteiger partial charge in [0.25, 0.3) is 5.91 Å². The van der Waals surface area contributed by atoms with Crippen molar-refractivity contribution in [3.63, 3.8) is 0 Å². The third kappa shape index (κ3) is 4.20. The zero-order valence-corrected chi connectivity index (χ0v) is 18.3. The van der Waals surface area contributed by atoms with Gasteiger partial charge in [0.15, 0.2) is 0 Å². The van der Waals surface area contributed by atoms with Gasteiger partial charge in [-0.15, -0.1) is 0 Å². The zero-order chi connectivity index (χ0) is 21.3. The number of halogens is 1. The van der Waals surface area contributed by atoms with Gasteiger partial charge in [0.05, 0.1) is 23.1 Å². The molecule has 0 atom stereocenters. The number of piperazine rings is 1. The summed E-state index contributed by atoms with van der Waals surface area (Å²) in [7, 11) is 2.15. The quantitative estimate of drug-likeness (QED) is 0.685. The molecule has 1 aliphatic heterocycles. The largest absolute Gasteiger partial charge is 0.369 e. The number of benzene rings is 2. The maximum atomic E-state index is 12.9. The predicted molar refractivity (Wildman–Crippen MR) is 122 cm³/mol. The van der Waals surface area contributed by atoms with Gasteiger partial charge in [-0.1, -0.05) is 17.7 Å². The fourth-order valence-corrected chi connectivity index (χ4v) is 4.02. The number of rotatable bonds is 4. The van der Waals surface area contributed by atoms with E-state index >= 15 is 0 Å². The van der Waals surface area contributed by atoms with E-state index in [1.807, 2.05) is 43.3 Å². The molecule has 1 aromatic heterocycles. The number of nitrogens with one attached hydrogen (secondary N) is 1. The number of hydrogen-bond donors (Lipinski definition) is 1. The maximum Gasteiger partial charge on any atom is 0.259 e. The number of carbonyl (C=O) groups excluding carboxylic acids is 1. The van der Waals surface area contributed by atoms with E-state index in [2.05, 4.69) is 40.3 Å². The Morgan fingerprint density at radius 1 is 1.07 bits per heavy atom. The highest BCUT2D eigenvalue weighted by molar-refractivity contribution is 6.30. The number of aromatic nitrogens is 2. The van der Waals surface area contributed by atoms with Gasteiger partial charge in [-0.3, -0.25) is 4.79 Å². The lowest BCUT2D eigenvalue weighted by atomic mass is 10.1. The van der Waals surface area contributed by atoms with Gasteiger partial charge >= 0.3 is 0 Å². The van der Waals surface area contributed by atoms with Crippen molar-refractivity contribution in [2.45, 2.75) is 13.8 Å². The Labute approximate surface area is 182 Å². The van der Waals surface area contributed by atoms with E-state index in [0.29, 0.717) is 10.6 Å². The van der Waals surface area contributed by atoms with E-state index in [1.54, 1.807) is 10.9 Å². The number of amides is 1. The number of anilines is 2. The first kappa shape index (κ1) is 20.4. The second-order valence-electron chi connectivity index (χ2n) is 7.78. The molecule has 156 valence electrons. The monoisotopic (exact) mass is 423 g/mol. The molecule has 30 heavy (non-hydrogen) atoms. The van der Waals surface area contributed by atoms with Crippen LogP contribution < -0.4 is 10.2 Å². The highest BCUT2D eigenvalue weighted by atomic mass is 35.5. The van der Waals surface area contributed by atoms with E-state index in [9.17, 15) is 4.79 Å². The SMILES string of the molecule is Cc1cc(NC(=O)c2cnn(-c3cccc(Cl)c3)c2C)ccc1N1CCN(C)CC1. The van der Waals surface area contributed by atoms with Gasteiger partial charge in [0.2, 0.25) is 0 Å². The minimum absolute atomic E-state index is 0.174. The molecule has 1 saturated heterocycles. The first-order chi connectivity index (χ1) is 14.4. The normalized spacial score (nSPS) is 14.7. The van der Waals surface area contributed by atoms with Crippen molar-refractivity contribution < 1.29 is 4.79 Å². The molecular formula is C23H26ClN5O. The zero-order valence-electron chi connectivity index (χ0n) is 17.5. The van der Waals surface area contributed by atoms with Crippen LogP contribution in [0, 0.1) is 13.8 Å². The van der Waals surface area contributed by atoms with Crippen LogP contribution in [-0.2, 0) is 0 Å². The lowest BCUT2D eigenvalue weighted by Crippen LogP contribution is -2.44. The van der Waals surface area contributed by atoms with Crippen molar-refractivity contribution in [2.75, 3.05) is 43.4 Å². The van der Waals surface area contributed by atoms with Crippen molar-refractivity contribution in [2.24, 2.45) is 0 Å². The van der Waals surface area contributed by atoms with Crippen LogP contribution >= 0.6 is 11.6 Å². The molecule has 1 N–H and O–H groups in total. The number of carbonyl (C=O) groups is 1. The molecule has 1 fully saturated rings. The van der Waals surface area contributed by atoms with Crippen LogP contribution in [0.5, 0.6) is 0 Å². The van der Waals surface area contributed by atoms with Gasteiger partial charge in [0, 0.05) is 42.6 Å². The minimum atomic E-state index is -0.174. The fraction of sp³-hybridized carbons (Fsp3) is 0.304. The summed E-state index contributed by atoms with van der Waals surface area (Å²) in [5.74, 6) is -0.174. The van der Waals surface area contributed by atoms with Crippen LogP contribution in [0.2, 0.25) is 5.02 Å². The molecule has 4 rings (SSSR count). The lowest BCUT2D eigenvalue weighted by Gasteiger charge is -2.35. The number of hydrogen-bond acceptors (Lipinski definition) is 4. The van der Waals surface area contributed by atoms with E-state index in [0.717, 1.165) is 48.8 Å². The van der Waals surface area contributed by atoms with Crippen molar-refractivity contribution in [3.8, 4) is 5.69 Å². The molecule has 0 spiro atoms. The van der Waals surface area contributed by atoms with Crippen LogP contribution in [-0.4, -0.2) is 53.8 Å². The summed E-state index contributed by atoms with van der Waals surface area (Å²) < 4.78 is 1.72. The maximum absolute atomic E-state index is 12.9.